The summed E-state index contributed by atoms with van der Waals surface area (Å²) in [5.41, 5.74) is 3.09. The van der Waals surface area contributed by atoms with Gasteiger partial charge in [-0.1, -0.05) is 24.3 Å². The maximum absolute atomic E-state index is 14.2. The van der Waals surface area contributed by atoms with Crippen LogP contribution in [0.4, 0.5) is 4.39 Å². The van der Waals surface area contributed by atoms with E-state index in [9.17, 15) is 9.18 Å². The first-order valence-corrected chi connectivity index (χ1v) is 8.35. The van der Waals surface area contributed by atoms with Gasteiger partial charge in [-0.25, -0.2) is 9.07 Å². The van der Waals surface area contributed by atoms with Crippen molar-refractivity contribution in [2.75, 3.05) is 0 Å². The molecule has 0 unspecified atom stereocenters. The number of carbonyl (C=O) groups is 1. The number of hydrogen-bond acceptors (Lipinski definition) is 2. The van der Waals surface area contributed by atoms with E-state index in [1.165, 1.54) is 6.07 Å². The number of rotatable bonds is 4. The number of nitrogens with zero attached hydrogens (tertiary/aromatic N) is 2. The minimum atomic E-state index is -0.356. The number of hydrogen-bond donors (Lipinski definition) is 1. The van der Waals surface area contributed by atoms with Crippen molar-refractivity contribution in [2.24, 2.45) is 0 Å². The number of carbonyl (C=O) groups excluding carboxylic acids is 1. The fraction of sp³-hybridized carbons (Fsp3) is 0.200. The van der Waals surface area contributed by atoms with Gasteiger partial charge in [-0.15, -0.1) is 0 Å². The molecule has 1 aromatic heterocycles. The van der Waals surface area contributed by atoms with Gasteiger partial charge in [-0.2, -0.15) is 5.10 Å². The summed E-state index contributed by atoms with van der Waals surface area (Å²) in [6.07, 6.45) is 2.01. The van der Waals surface area contributed by atoms with Crippen molar-refractivity contribution >= 4 is 5.91 Å². The summed E-state index contributed by atoms with van der Waals surface area (Å²) in [5, 5.41) is 7.50. The van der Waals surface area contributed by atoms with Crippen LogP contribution in [-0.4, -0.2) is 21.7 Å². The molecule has 5 heteroatoms. The number of nitrogens with one attached hydrogen (secondary N) is 1. The Kier molecular flexibility index (Phi) is 3.84. The molecule has 4 nitrogen and oxygen atoms in total. The van der Waals surface area contributed by atoms with E-state index < -0.39 is 0 Å². The van der Waals surface area contributed by atoms with Gasteiger partial charge in [-0.05, 0) is 55.7 Å². The van der Waals surface area contributed by atoms with Crippen molar-refractivity contribution in [2.45, 2.75) is 25.8 Å². The topological polar surface area (TPSA) is 46.9 Å². The van der Waals surface area contributed by atoms with Crippen molar-refractivity contribution in [1.82, 2.24) is 15.1 Å². The van der Waals surface area contributed by atoms with E-state index in [1.54, 1.807) is 28.9 Å². The zero-order valence-electron chi connectivity index (χ0n) is 13.9. The molecule has 1 aliphatic carbocycles. The Hall–Kier alpha value is -2.95. The van der Waals surface area contributed by atoms with Gasteiger partial charge in [0.15, 0.2) is 0 Å². The highest BCUT2D eigenvalue weighted by Crippen LogP contribution is 2.25. The van der Waals surface area contributed by atoms with Gasteiger partial charge in [0.2, 0.25) is 0 Å². The Balaban J connectivity index is 1.82. The molecule has 1 aliphatic rings. The maximum Gasteiger partial charge on any atom is 0.270 e. The summed E-state index contributed by atoms with van der Waals surface area (Å²) in [4.78, 5) is 12.6. The van der Waals surface area contributed by atoms with Crippen LogP contribution in [0.2, 0.25) is 0 Å². The first-order chi connectivity index (χ1) is 12.1. The second-order valence-electron chi connectivity index (χ2n) is 6.39. The molecule has 0 atom stereocenters. The molecule has 126 valence electrons. The highest BCUT2D eigenvalue weighted by Gasteiger charge is 2.26. The lowest BCUT2D eigenvalue weighted by atomic mass is 10.1. The maximum atomic E-state index is 14.2. The molecule has 0 aliphatic heterocycles. The summed E-state index contributed by atoms with van der Waals surface area (Å²) >= 11 is 0. The molecule has 25 heavy (non-hydrogen) atoms. The van der Waals surface area contributed by atoms with E-state index >= 15 is 0 Å². The van der Waals surface area contributed by atoms with Crippen molar-refractivity contribution in [3.05, 3.63) is 71.7 Å². The zero-order chi connectivity index (χ0) is 17.4. The van der Waals surface area contributed by atoms with Crippen molar-refractivity contribution < 1.29 is 9.18 Å². The molecule has 0 bridgehead atoms. The number of amides is 1. The molecule has 2 aromatic carbocycles. The third-order valence-electron chi connectivity index (χ3n) is 4.25. The Morgan fingerprint density at radius 1 is 1.16 bits per heavy atom. The summed E-state index contributed by atoms with van der Waals surface area (Å²) in [6.45, 7) is 1.98. The van der Waals surface area contributed by atoms with Crippen LogP contribution in [0, 0.1) is 12.7 Å². The van der Waals surface area contributed by atoms with Crippen molar-refractivity contribution in [3.8, 4) is 16.9 Å². The summed E-state index contributed by atoms with van der Waals surface area (Å²) < 4.78 is 15.7. The Labute approximate surface area is 145 Å². The normalized spacial score (nSPS) is 13.7. The SMILES string of the molecule is Cc1cccc(-n2nc(-c3ccccc3F)cc2C(=O)NC2CC2)c1. The Bertz CT molecular complexity index is 944. The summed E-state index contributed by atoms with van der Waals surface area (Å²) in [5.74, 6) is -0.537. The van der Waals surface area contributed by atoms with E-state index in [0.717, 1.165) is 24.1 Å². The predicted octanol–water partition coefficient (Wildman–Crippen LogP) is 3.88. The second kappa shape index (κ2) is 6.16. The van der Waals surface area contributed by atoms with Gasteiger partial charge in [-0.3, -0.25) is 4.79 Å². The molecular weight excluding hydrogens is 317 g/mol. The molecule has 1 N–H and O–H groups in total. The van der Waals surface area contributed by atoms with Gasteiger partial charge in [0.25, 0.3) is 5.91 Å². The van der Waals surface area contributed by atoms with Crippen LogP contribution in [0.15, 0.2) is 54.6 Å². The van der Waals surface area contributed by atoms with Gasteiger partial charge in [0.05, 0.1) is 11.4 Å². The van der Waals surface area contributed by atoms with Gasteiger partial charge >= 0.3 is 0 Å². The fourth-order valence-electron chi connectivity index (χ4n) is 2.79. The summed E-state index contributed by atoms with van der Waals surface area (Å²) in [6, 6.07) is 16.1. The second-order valence-corrected chi connectivity index (χ2v) is 6.39. The van der Waals surface area contributed by atoms with E-state index in [4.69, 9.17) is 0 Å². The highest BCUT2D eigenvalue weighted by atomic mass is 19.1. The van der Waals surface area contributed by atoms with E-state index in [1.807, 2.05) is 31.2 Å². The number of benzene rings is 2. The molecule has 1 amide bonds. The average Bonchev–Trinajstić information content (AvgIpc) is 3.30. The van der Waals surface area contributed by atoms with E-state index in [0.29, 0.717) is 17.0 Å². The number of aryl methyl sites for hydroxylation is 1. The first-order valence-electron chi connectivity index (χ1n) is 8.35. The molecule has 0 spiro atoms. The van der Waals surface area contributed by atoms with Crippen LogP contribution < -0.4 is 5.32 Å². The minimum absolute atomic E-state index is 0.181. The molecule has 3 aromatic rings. The molecule has 0 radical (unpaired) electrons. The first kappa shape index (κ1) is 15.6. The predicted molar refractivity (Wildman–Crippen MR) is 94.2 cm³/mol. The van der Waals surface area contributed by atoms with E-state index in [2.05, 4.69) is 10.4 Å². The van der Waals surface area contributed by atoms with Gasteiger partial charge in [0.1, 0.15) is 11.5 Å². The Morgan fingerprint density at radius 2 is 1.96 bits per heavy atom. The van der Waals surface area contributed by atoms with Gasteiger partial charge < -0.3 is 5.32 Å². The zero-order valence-corrected chi connectivity index (χ0v) is 13.9. The molecular formula is C20H18FN3O. The smallest absolute Gasteiger partial charge is 0.270 e. The number of aromatic nitrogens is 2. The molecule has 1 heterocycles. The van der Waals surface area contributed by atoms with Gasteiger partial charge in [0, 0.05) is 11.6 Å². The van der Waals surface area contributed by atoms with Crippen molar-refractivity contribution in [3.63, 3.8) is 0 Å². The third-order valence-corrected chi connectivity index (χ3v) is 4.25. The Morgan fingerprint density at radius 3 is 2.68 bits per heavy atom. The average molecular weight is 335 g/mol. The quantitative estimate of drug-likeness (QED) is 0.786. The fourth-order valence-corrected chi connectivity index (χ4v) is 2.79. The standard InChI is InChI=1S/C20H18FN3O/c1-13-5-4-6-15(11-13)24-19(20(25)22-14-9-10-14)12-18(23-24)16-7-2-3-8-17(16)21/h2-8,11-12,14H,9-10H2,1H3,(H,22,25). The molecule has 0 saturated heterocycles. The molecule has 1 fully saturated rings. The van der Waals surface area contributed by atoms with E-state index in [-0.39, 0.29) is 17.8 Å². The van der Waals surface area contributed by atoms with Crippen LogP contribution in [0.3, 0.4) is 0 Å². The van der Waals surface area contributed by atoms with Crippen LogP contribution in [0.5, 0.6) is 0 Å². The lowest BCUT2D eigenvalue weighted by Crippen LogP contribution is -2.27. The van der Waals surface area contributed by atoms with Crippen LogP contribution in [0.25, 0.3) is 16.9 Å². The third kappa shape index (κ3) is 3.18. The lowest BCUT2D eigenvalue weighted by molar-refractivity contribution is 0.0943. The lowest BCUT2D eigenvalue weighted by Gasteiger charge is -2.08. The highest BCUT2D eigenvalue weighted by molar-refractivity contribution is 5.94. The monoisotopic (exact) mass is 335 g/mol. The largest absolute Gasteiger partial charge is 0.348 e. The van der Waals surface area contributed by atoms with Crippen LogP contribution >= 0.6 is 0 Å². The minimum Gasteiger partial charge on any atom is -0.348 e. The summed E-state index contributed by atoms with van der Waals surface area (Å²) in [7, 11) is 0. The van der Waals surface area contributed by atoms with Crippen molar-refractivity contribution in [1.29, 1.82) is 0 Å². The molecule has 4 rings (SSSR count). The molecule has 1 saturated carbocycles. The van der Waals surface area contributed by atoms with Crippen LogP contribution in [-0.2, 0) is 0 Å². The number of halogens is 1. The van der Waals surface area contributed by atoms with Crippen LogP contribution in [0.1, 0.15) is 28.9 Å².